The molecule has 8 atom stereocenters. The maximum absolute atomic E-state index is 12.3. The molecule has 0 radical (unpaired) electrons. The fourth-order valence-corrected chi connectivity index (χ4v) is 8.53. The quantitative estimate of drug-likeness (QED) is 0.566. The highest BCUT2D eigenvalue weighted by atomic mass is 32.2. The third kappa shape index (κ3) is 2.91. The van der Waals surface area contributed by atoms with E-state index in [-0.39, 0.29) is 0 Å². The van der Waals surface area contributed by atoms with Gasteiger partial charge in [-0.05, 0) is 105 Å². The molecule has 4 rings (SSSR count). The fraction of sp³-hybridized carbons (Fsp3) is 0.957. The van der Waals surface area contributed by atoms with E-state index in [1.54, 1.807) is 11.8 Å². The van der Waals surface area contributed by atoms with Gasteiger partial charge < -0.3 is 4.74 Å². The highest BCUT2D eigenvalue weighted by Crippen LogP contribution is 2.67. The number of Topliss-reactive ketones (excluding diaryl/α,β-unsaturated/α-hetero) is 1. The van der Waals surface area contributed by atoms with Gasteiger partial charge in [0.25, 0.3) is 0 Å². The standard InChI is InChI=1S/C23H38O2S/c1-15(24)19-7-8-20-18-6-5-16-13-17(25-14-26-4)9-11-22(16,2)21(18)10-12-23(19,20)3/h16-21H,5-14H2,1-4H3/t16-,17+,18-,19+,20-,21-,22?,23?/m0/s1. The Labute approximate surface area is 164 Å². The summed E-state index contributed by atoms with van der Waals surface area (Å²) in [4.78, 5) is 12.3. The topological polar surface area (TPSA) is 26.3 Å². The summed E-state index contributed by atoms with van der Waals surface area (Å²) in [7, 11) is 0. The van der Waals surface area contributed by atoms with E-state index in [4.69, 9.17) is 4.74 Å². The third-order valence-electron chi connectivity index (χ3n) is 9.53. The van der Waals surface area contributed by atoms with Crippen LogP contribution in [0.15, 0.2) is 0 Å². The van der Waals surface area contributed by atoms with Crippen LogP contribution >= 0.6 is 11.8 Å². The van der Waals surface area contributed by atoms with E-state index in [0.29, 0.717) is 28.6 Å². The van der Waals surface area contributed by atoms with E-state index in [2.05, 4.69) is 20.1 Å². The van der Waals surface area contributed by atoms with Gasteiger partial charge >= 0.3 is 0 Å². The number of fused-ring (bicyclic) bond motifs is 5. The van der Waals surface area contributed by atoms with Crippen molar-refractivity contribution in [2.24, 2.45) is 40.4 Å². The van der Waals surface area contributed by atoms with Crippen molar-refractivity contribution in [1.82, 2.24) is 0 Å². The smallest absolute Gasteiger partial charge is 0.133 e. The van der Waals surface area contributed by atoms with Gasteiger partial charge in [-0.15, -0.1) is 11.8 Å². The maximum Gasteiger partial charge on any atom is 0.133 e. The summed E-state index contributed by atoms with van der Waals surface area (Å²) in [5.41, 5.74) is 0.826. The Morgan fingerprint density at radius 3 is 2.46 bits per heavy atom. The molecule has 148 valence electrons. The lowest BCUT2D eigenvalue weighted by atomic mass is 9.44. The van der Waals surface area contributed by atoms with Crippen LogP contribution in [0.25, 0.3) is 0 Å². The van der Waals surface area contributed by atoms with Gasteiger partial charge in [0, 0.05) is 5.92 Å². The van der Waals surface area contributed by atoms with Gasteiger partial charge in [0.05, 0.1) is 12.0 Å². The third-order valence-corrected chi connectivity index (χ3v) is 9.90. The van der Waals surface area contributed by atoms with Crippen LogP contribution in [0.3, 0.4) is 0 Å². The van der Waals surface area contributed by atoms with E-state index in [9.17, 15) is 4.79 Å². The molecule has 2 nitrogen and oxygen atoms in total. The van der Waals surface area contributed by atoms with Crippen LogP contribution < -0.4 is 0 Å². The summed E-state index contributed by atoms with van der Waals surface area (Å²) in [6.07, 6.45) is 14.5. The minimum Gasteiger partial charge on any atom is -0.368 e. The molecule has 0 saturated heterocycles. The van der Waals surface area contributed by atoms with E-state index in [1.165, 1.54) is 51.4 Å². The summed E-state index contributed by atoms with van der Waals surface area (Å²) in [6, 6.07) is 0. The zero-order chi connectivity index (χ0) is 18.5. The molecule has 4 aliphatic rings. The van der Waals surface area contributed by atoms with Gasteiger partial charge in [0.2, 0.25) is 0 Å². The lowest BCUT2D eigenvalue weighted by molar-refractivity contribution is -0.140. The molecule has 0 spiro atoms. The number of thioether (sulfide) groups is 1. The minimum absolute atomic E-state index is 0.300. The van der Waals surface area contributed by atoms with Crippen molar-refractivity contribution in [1.29, 1.82) is 0 Å². The Bertz CT molecular complexity index is 548. The maximum atomic E-state index is 12.3. The zero-order valence-electron chi connectivity index (χ0n) is 17.3. The van der Waals surface area contributed by atoms with Gasteiger partial charge in [-0.1, -0.05) is 13.8 Å². The van der Waals surface area contributed by atoms with Crippen LogP contribution in [0.5, 0.6) is 0 Å². The molecule has 0 amide bonds. The van der Waals surface area contributed by atoms with Crippen molar-refractivity contribution in [2.45, 2.75) is 84.7 Å². The molecule has 0 bridgehead atoms. The van der Waals surface area contributed by atoms with Crippen molar-refractivity contribution < 1.29 is 9.53 Å². The fourth-order valence-electron chi connectivity index (χ4n) is 8.20. The Morgan fingerprint density at radius 2 is 1.73 bits per heavy atom. The molecule has 0 aromatic heterocycles. The van der Waals surface area contributed by atoms with Crippen molar-refractivity contribution in [3.05, 3.63) is 0 Å². The molecule has 4 fully saturated rings. The van der Waals surface area contributed by atoms with Crippen molar-refractivity contribution in [3.63, 3.8) is 0 Å². The van der Waals surface area contributed by atoms with Gasteiger partial charge in [-0.3, -0.25) is 4.79 Å². The monoisotopic (exact) mass is 378 g/mol. The first-order chi connectivity index (χ1) is 12.4. The van der Waals surface area contributed by atoms with Gasteiger partial charge in [-0.25, -0.2) is 0 Å². The lowest BCUT2D eigenvalue weighted by Crippen LogP contribution is -2.54. The molecule has 0 N–H and O–H groups in total. The van der Waals surface area contributed by atoms with Crippen LogP contribution in [0.1, 0.15) is 78.6 Å². The number of ketones is 1. The van der Waals surface area contributed by atoms with Crippen LogP contribution in [0, 0.1) is 40.4 Å². The van der Waals surface area contributed by atoms with Crippen molar-refractivity contribution >= 4 is 17.5 Å². The Hall–Kier alpha value is -0.0200. The summed E-state index contributed by atoms with van der Waals surface area (Å²) in [5.74, 6) is 5.09. The Kier molecular flexibility index (Phi) is 5.27. The molecule has 0 aromatic rings. The Morgan fingerprint density at radius 1 is 1.00 bits per heavy atom. The van der Waals surface area contributed by atoms with Crippen molar-refractivity contribution in [2.75, 3.05) is 12.2 Å². The predicted octanol–water partition coefficient (Wildman–Crippen LogP) is 5.94. The van der Waals surface area contributed by atoms with Crippen molar-refractivity contribution in [3.8, 4) is 0 Å². The van der Waals surface area contributed by atoms with Crippen LogP contribution in [-0.4, -0.2) is 24.1 Å². The number of hydrogen-bond acceptors (Lipinski definition) is 3. The molecule has 4 aliphatic carbocycles. The number of hydrogen-bond donors (Lipinski definition) is 0. The molecule has 0 aliphatic heterocycles. The number of ether oxygens (including phenoxy) is 1. The number of carbonyl (C=O) groups is 1. The average molecular weight is 379 g/mol. The largest absolute Gasteiger partial charge is 0.368 e. The molecule has 0 heterocycles. The first-order valence-corrected chi connectivity index (χ1v) is 12.4. The zero-order valence-corrected chi connectivity index (χ0v) is 18.1. The van der Waals surface area contributed by atoms with E-state index >= 15 is 0 Å². The summed E-state index contributed by atoms with van der Waals surface area (Å²) >= 11 is 1.80. The van der Waals surface area contributed by atoms with Crippen LogP contribution in [0.2, 0.25) is 0 Å². The number of carbonyl (C=O) groups excluding carboxylic acids is 1. The predicted molar refractivity (Wildman–Crippen MR) is 109 cm³/mol. The minimum atomic E-state index is 0.300. The summed E-state index contributed by atoms with van der Waals surface area (Å²) < 4.78 is 6.11. The lowest BCUT2D eigenvalue weighted by Gasteiger charge is -2.61. The van der Waals surface area contributed by atoms with Crippen LogP contribution in [-0.2, 0) is 9.53 Å². The summed E-state index contributed by atoms with van der Waals surface area (Å²) in [5, 5.41) is 0. The molecular formula is C23H38O2S. The number of rotatable bonds is 4. The van der Waals surface area contributed by atoms with E-state index < -0.39 is 0 Å². The molecule has 0 aromatic carbocycles. The second kappa shape index (κ2) is 7.10. The van der Waals surface area contributed by atoms with E-state index in [1.807, 2.05) is 6.92 Å². The van der Waals surface area contributed by atoms with E-state index in [0.717, 1.165) is 36.0 Å². The molecule has 4 saturated carbocycles. The van der Waals surface area contributed by atoms with Gasteiger partial charge in [0.1, 0.15) is 5.78 Å². The normalized spacial score (nSPS) is 50.6. The second-order valence-electron chi connectivity index (χ2n) is 10.4. The first-order valence-electron chi connectivity index (χ1n) is 11.0. The molecular weight excluding hydrogens is 340 g/mol. The first kappa shape index (κ1) is 19.3. The highest BCUT2D eigenvalue weighted by Gasteiger charge is 2.60. The second-order valence-corrected chi connectivity index (χ2v) is 11.2. The van der Waals surface area contributed by atoms with Gasteiger partial charge in [-0.2, -0.15) is 0 Å². The highest BCUT2D eigenvalue weighted by molar-refractivity contribution is 7.98. The Balaban J connectivity index is 1.51. The van der Waals surface area contributed by atoms with Crippen LogP contribution in [0.4, 0.5) is 0 Å². The SMILES string of the molecule is CSCO[C@@H]1CCC2(C)[C@@H](CC[C@@H]3[C@@H]2CCC2(C)[C@@H](C(C)=O)CC[C@@H]32)C1. The summed E-state index contributed by atoms with van der Waals surface area (Å²) in [6.45, 7) is 6.94. The van der Waals surface area contributed by atoms with Gasteiger partial charge in [0.15, 0.2) is 0 Å². The molecule has 26 heavy (non-hydrogen) atoms. The molecule has 2 unspecified atom stereocenters. The molecule has 3 heteroatoms. The average Bonchev–Trinajstić information content (AvgIpc) is 2.97.